The van der Waals surface area contributed by atoms with Crippen molar-refractivity contribution < 1.29 is 15.1 Å². The summed E-state index contributed by atoms with van der Waals surface area (Å²) in [6, 6.07) is 10.0. The van der Waals surface area contributed by atoms with E-state index in [-0.39, 0.29) is 12.5 Å². The minimum Gasteiger partial charge on any atom is -0.411 e. The second kappa shape index (κ2) is 8.44. The van der Waals surface area contributed by atoms with E-state index in [0.717, 1.165) is 25.8 Å². The number of hydrogen-bond acceptors (Lipinski definition) is 7. The van der Waals surface area contributed by atoms with Gasteiger partial charge in [-0.2, -0.15) is 5.26 Å². The van der Waals surface area contributed by atoms with E-state index >= 15 is 0 Å². The van der Waals surface area contributed by atoms with Gasteiger partial charge in [0.15, 0.2) is 0 Å². The molecule has 1 aliphatic rings. The summed E-state index contributed by atoms with van der Waals surface area (Å²) in [5.74, 6) is 0. The minimum absolute atomic E-state index is 0.0530. The van der Waals surface area contributed by atoms with E-state index in [4.69, 9.17) is 15.2 Å². The second-order valence-electron chi connectivity index (χ2n) is 6.76. The van der Waals surface area contributed by atoms with Crippen LogP contribution in [0.5, 0.6) is 0 Å². The van der Waals surface area contributed by atoms with Crippen LogP contribution in [0, 0.1) is 11.3 Å². The molecule has 2 aromatic rings. The van der Waals surface area contributed by atoms with E-state index in [2.05, 4.69) is 11.2 Å². The highest BCUT2D eigenvalue weighted by Gasteiger charge is 2.35. The fraction of sp³-hybridized carbons (Fsp3) is 0.400. The van der Waals surface area contributed by atoms with E-state index < -0.39 is 5.60 Å². The van der Waals surface area contributed by atoms with Crippen LogP contribution in [0.1, 0.15) is 43.4 Å². The Bertz CT molecular complexity index is 888. The molecule has 1 saturated heterocycles. The molecule has 7 heteroatoms. The van der Waals surface area contributed by atoms with Gasteiger partial charge in [0.25, 0.3) is 0 Å². The maximum Gasteiger partial charge on any atom is 0.0951 e. The molecule has 0 saturated carbocycles. The van der Waals surface area contributed by atoms with Crippen LogP contribution in [-0.4, -0.2) is 28.7 Å². The second-order valence-corrected chi connectivity index (χ2v) is 9.05. The molecule has 2 heterocycles. The summed E-state index contributed by atoms with van der Waals surface area (Å²) in [6.07, 6.45) is 1.52. The van der Waals surface area contributed by atoms with E-state index in [1.165, 1.54) is 0 Å². The number of thiophene rings is 1. The number of nitrogens with zero attached hydrogens (tertiary/aromatic N) is 2. The summed E-state index contributed by atoms with van der Waals surface area (Å²) in [7, 11) is 0. The zero-order valence-electron chi connectivity index (χ0n) is 15.3. The van der Waals surface area contributed by atoms with Crippen molar-refractivity contribution in [1.82, 2.24) is 0 Å². The van der Waals surface area contributed by atoms with Crippen LogP contribution < -0.4 is 0 Å². The Morgan fingerprint density at radius 3 is 3.00 bits per heavy atom. The third-order valence-electron chi connectivity index (χ3n) is 4.76. The van der Waals surface area contributed by atoms with Gasteiger partial charge in [-0.05, 0) is 48.6 Å². The fourth-order valence-corrected chi connectivity index (χ4v) is 5.44. The molecular weight excluding hydrogens is 380 g/mol. The number of ether oxygens (including phenoxy) is 1. The molecule has 5 nitrogen and oxygen atoms in total. The van der Waals surface area contributed by atoms with Gasteiger partial charge in [0, 0.05) is 23.3 Å². The monoisotopic (exact) mass is 402 g/mol. The van der Waals surface area contributed by atoms with Gasteiger partial charge in [-0.1, -0.05) is 23.0 Å². The van der Waals surface area contributed by atoms with Crippen molar-refractivity contribution in [3.63, 3.8) is 0 Å². The summed E-state index contributed by atoms with van der Waals surface area (Å²) in [6.45, 7) is 4.27. The lowest BCUT2D eigenvalue weighted by Gasteiger charge is -2.35. The zero-order valence-corrected chi connectivity index (χ0v) is 16.9. The number of aliphatic hydroxyl groups is 1. The van der Waals surface area contributed by atoms with Crippen LogP contribution in [0.25, 0.3) is 0 Å². The van der Waals surface area contributed by atoms with Gasteiger partial charge in [-0.25, -0.2) is 0 Å². The van der Waals surface area contributed by atoms with Crippen molar-refractivity contribution in [2.24, 2.45) is 5.16 Å². The molecule has 1 aromatic heterocycles. The molecule has 0 aliphatic carbocycles. The Morgan fingerprint density at radius 2 is 2.30 bits per heavy atom. The third-order valence-corrected chi connectivity index (χ3v) is 6.83. The van der Waals surface area contributed by atoms with Crippen molar-refractivity contribution in [3.05, 3.63) is 46.3 Å². The van der Waals surface area contributed by atoms with Crippen LogP contribution in [0.4, 0.5) is 0 Å². The van der Waals surface area contributed by atoms with Crippen molar-refractivity contribution in [2.45, 2.75) is 53.9 Å². The quantitative estimate of drug-likeness (QED) is 0.435. The standard InChI is InChI=1S/C20H22N2O3S2/c1-13-11-20(23,6-8-25-13)16-10-19(26-12-16)27-17-3-4-18(14(2)22-24)15(9-17)5-7-21/h3-4,9-10,12-13,23-24H,5-6,8,11H2,1-2H3/b22-14+/t13-,20+/m0/s1. The van der Waals surface area contributed by atoms with Crippen molar-refractivity contribution in [1.29, 1.82) is 5.26 Å². The molecule has 0 unspecified atom stereocenters. The largest absolute Gasteiger partial charge is 0.411 e. The molecule has 1 fully saturated rings. The molecule has 2 N–H and O–H groups in total. The van der Waals surface area contributed by atoms with Gasteiger partial charge < -0.3 is 15.1 Å². The number of hydrogen-bond donors (Lipinski definition) is 2. The maximum atomic E-state index is 11.0. The lowest BCUT2D eigenvalue weighted by molar-refractivity contribution is -0.101. The lowest BCUT2D eigenvalue weighted by atomic mass is 9.86. The topological polar surface area (TPSA) is 85.8 Å². The van der Waals surface area contributed by atoms with Crippen molar-refractivity contribution >= 4 is 28.8 Å². The first kappa shape index (κ1) is 19.9. The SMILES string of the molecule is C/C(=N\O)c1ccc(Sc2cc([C@@]3(O)CCO[C@@H](C)C3)cs2)cc1CC#N. The van der Waals surface area contributed by atoms with Crippen LogP contribution >= 0.6 is 23.1 Å². The highest BCUT2D eigenvalue weighted by molar-refractivity contribution is 8.01. The number of oxime groups is 1. The Morgan fingerprint density at radius 1 is 1.48 bits per heavy atom. The fourth-order valence-electron chi connectivity index (χ4n) is 3.33. The normalized spacial score (nSPS) is 23.2. The number of rotatable bonds is 5. The third kappa shape index (κ3) is 4.53. The zero-order chi connectivity index (χ0) is 19.4. The van der Waals surface area contributed by atoms with Gasteiger partial charge in [0.05, 0.1) is 40.7 Å². The van der Waals surface area contributed by atoms with Crippen LogP contribution in [-0.2, 0) is 16.8 Å². The average molecular weight is 403 g/mol. The van der Waals surface area contributed by atoms with E-state index in [0.29, 0.717) is 25.2 Å². The van der Waals surface area contributed by atoms with Crippen LogP contribution in [0.2, 0.25) is 0 Å². The molecule has 142 valence electrons. The summed E-state index contributed by atoms with van der Waals surface area (Å²) in [5.41, 5.74) is 2.23. The van der Waals surface area contributed by atoms with Crippen molar-refractivity contribution in [3.8, 4) is 6.07 Å². The van der Waals surface area contributed by atoms with Gasteiger partial charge in [-0.15, -0.1) is 11.3 Å². The number of benzene rings is 1. The molecule has 1 aliphatic heterocycles. The van der Waals surface area contributed by atoms with E-state index in [1.54, 1.807) is 30.0 Å². The molecule has 0 radical (unpaired) electrons. The molecule has 0 spiro atoms. The predicted molar refractivity (Wildman–Crippen MR) is 107 cm³/mol. The molecule has 0 bridgehead atoms. The van der Waals surface area contributed by atoms with Crippen LogP contribution in [0.15, 0.2) is 43.9 Å². The predicted octanol–water partition coefficient (Wildman–Crippen LogP) is 4.55. The Balaban J connectivity index is 1.81. The molecule has 0 amide bonds. The van der Waals surface area contributed by atoms with Gasteiger partial charge >= 0.3 is 0 Å². The Labute approximate surface area is 167 Å². The summed E-state index contributed by atoms with van der Waals surface area (Å²) < 4.78 is 6.64. The smallest absolute Gasteiger partial charge is 0.0951 e. The molecule has 3 rings (SSSR count). The molecule has 1 aromatic carbocycles. The summed E-state index contributed by atoms with van der Waals surface area (Å²) in [4.78, 5) is 1.01. The first-order chi connectivity index (χ1) is 12.9. The molecule has 27 heavy (non-hydrogen) atoms. The van der Waals surface area contributed by atoms with E-state index in [9.17, 15) is 5.11 Å². The van der Waals surface area contributed by atoms with Gasteiger partial charge in [0.2, 0.25) is 0 Å². The van der Waals surface area contributed by atoms with Gasteiger partial charge in [0.1, 0.15) is 0 Å². The van der Waals surface area contributed by atoms with E-state index in [1.807, 2.05) is 36.6 Å². The van der Waals surface area contributed by atoms with Crippen LogP contribution in [0.3, 0.4) is 0 Å². The highest BCUT2D eigenvalue weighted by atomic mass is 32.2. The summed E-state index contributed by atoms with van der Waals surface area (Å²) in [5, 5.41) is 34.4. The van der Waals surface area contributed by atoms with Gasteiger partial charge in [-0.3, -0.25) is 0 Å². The van der Waals surface area contributed by atoms with Crippen molar-refractivity contribution in [2.75, 3.05) is 6.61 Å². The summed E-state index contributed by atoms with van der Waals surface area (Å²) >= 11 is 3.21. The molecular formula is C20H22N2O3S2. The Hall–Kier alpha value is -1.85. The first-order valence-electron chi connectivity index (χ1n) is 8.75. The lowest BCUT2D eigenvalue weighted by Crippen LogP contribution is -2.37. The number of nitriles is 1. The Kier molecular flexibility index (Phi) is 6.22. The first-order valence-corrected chi connectivity index (χ1v) is 10.4. The average Bonchev–Trinajstić information content (AvgIpc) is 3.11. The molecule has 2 atom stereocenters. The highest BCUT2D eigenvalue weighted by Crippen LogP contribution is 2.41. The minimum atomic E-state index is -0.822. The maximum absolute atomic E-state index is 11.0.